The van der Waals surface area contributed by atoms with Gasteiger partial charge in [-0.2, -0.15) is 0 Å². The largest absolute Gasteiger partial charge is 0.504 e. The molecule has 0 aliphatic carbocycles. The topological polar surface area (TPSA) is 83.6 Å². The van der Waals surface area contributed by atoms with Crippen molar-refractivity contribution in [3.8, 4) is 11.5 Å². The minimum absolute atomic E-state index is 0.279. The van der Waals surface area contributed by atoms with E-state index in [0.717, 1.165) is 75.3 Å². The van der Waals surface area contributed by atoms with E-state index in [1.54, 1.807) is 0 Å². The van der Waals surface area contributed by atoms with E-state index in [-0.39, 0.29) is 11.4 Å². The summed E-state index contributed by atoms with van der Waals surface area (Å²) in [6.07, 6.45) is 10.9. The normalized spacial score (nSPS) is 11.0. The van der Waals surface area contributed by atoms with Crippen LogP contribution < -0.4 is 0 Å². The maximum atomic E-state index is 11.6. The van der Waals surface area contributed by atoms with Crippen molar-refractivity contribution >= 4 is 5.69 Å². The predicted molar refractivity (Wildman–Crippen MR) is 106 cm³/mol. The molecule has 0 fully saturated rings. The summed E-state index contributed by atoms with van der Waals surface area (Å²) in [5.74, 6) is -0.828. The molecule has 0 bridgehead atoms. The van der Waals surface area contributed by atoms with Crippen LogP contribution in [0.5, 0.6) is 11.5 Å². The average molecular weight is 366 g/mol. The minimum atomic E-state index is -0.549. The van der Waals surface area contributed by atoms with Crippen LogP contribution >= 0.6 is 0 Å². The van der Waals surface area contributed by atoms with Gasteiger partial charge in [0.1, 0.15) is 0 Å². The summed E-state index contributed by atoms with van der Waals surface area (Å²) in [4.78, 5) is 11.1. The molecule has 0 saturated carbocycles. The summed E-state index contributed by atoms with van der Waals surface area (Å²) in [6, 6.07) is 0. The summed E-state index contributed by atoms with van der Waals surface area (Å²) in [7, 11) is 0. The quantitative estimate of drug-likeness (QED) is 0.188. The summed E-state index contributed by atoms with van der Waals surface area (Å²) in [5.41, 5.74) is 1.99. The highest BCUT2D eigenvalue weighted by Gasteiger charge is 2.29. The van der Waals surface area contributed by atoms with Crippen LogP contribution in [-0.2, 0) is 19.3 Å². The van der Waals surface area contributed by atoms with E-state index < -0.39 is 10.7 Å². The van der Waals surface area contributed by atoms with Crippen molar-refractivity contribution in [2.45, 2.75) is 97.8 Å². The third kappa shape index (κ3) is 5.89. The molecule has 0 radical (unpaired) electrons. The van der Waals surface area contributed by atoms with Gasteiger partial charge < -0.3 is 10.2 Å². The Morgan fingerprint density at radius 3 is 1.54 bits per heavy atom. The van der Waals surface area contributed by atoms with Gasteiger partial charge >= 0.3 is 5.69 Å². The van der Waals surface area contributed by atoms with Gasteiger partial charge in [0, 0.05) is 11.1 Å². The van der Waals surface area contributed by atoms with E-state index >= 15 is 0 Å². The fourth-order valence-electron chi connectivity index (χ4n) is 3.56. The van der Waals surface area contributed by atoms with Crippen LogP contribution in [-0.4, -0.2) is 15.1 Å². The van der Waals surface area contributed by atoms with Crippen molar-refractivity contribution in [3.05, 3.63) is 26.8 Å². The monoisotopic (exact) mass is 365 g/mol. The SMILES string of the molecule is CCCCCc1c(O)c(O)c([N+](=O)[O-])c(CCCCC)c1CCCCC. The van der Waals surface area contributed by atoms with Crippen molar-refractivity contribution in [1.82, 2.24) is 0 Å². The fourth-order valence-corrected chi connectivity index (χ4v) is 3.56. The Hall–Kier alpha value is -1.78. The molecule has 0 unspecified atom stereocenters. The van der Waals surface area contributed by atoms with Gasteiger partial charge in [0.15, 0.2) is 5.75 Å². The first-order valence-electron chi connectivity index (χ1n) is 10.2. The molecule has 0 saturated heterocycles. The van der Waals surface area contributed by atoms with Gasteiger partial charge in [-0.3, -0.25) is 10.1 Å². The van der Waals surface area contributed by atoms with Gasteiger partial charge in [-0.05, 0) is 44.1 Å². The minimum Gasteiger partial charge on any atom is -0.504 e. The summed E-state index contributed by atoms with van der Waals surface area (Å²) >= 11 is 0. The Bertz CT molecular complexity index is 584. The van der Waals surface area contributed by atoms with Crippen LogP contribution in [0.4, 0.5) is 5.69 Å². The molecule has 0 aliphatic rings. The van der Waals surface area contributed by atoms with E-state index in [4.69, 9.17) is 0 Å². The van der Waals surface area contributed by atoms with Crippen molar-refractivity contribution in [2.75, 3.05) is 0 Å². The number of phenolic OH excluding ortho intramolecular Hbond substituents is 2. The number of nitrogens with zero attached hydrogens (tertiary/aromatic N) is 1. The molecule has 0 spiro atoms. The van der Waals surface area contributed by atoms with Crippen molar-refractivity contribution in [2.24, 2.45) is 0 Å². The van der Waals surface area contributed by atoms with Gasteiger partial charge in [-0.25, -0.2) is 0 Å². The molecule has 0 atom stereocenters. The first kappa shape index (κ1) is 22.3. The Balaban J connectivity index is 3.41. The van der Waals surface area contributed by atoms with E-state index in [1.807, 2.05) is 0 Å². The molecular weight excluding hydrogens is 330 g/mol. The van der Waals surface area contributed by atoms with Crippen LogP contribution in [0.1, 0.15) is 95.2 Å². The lowest BCUT2D eigenvalue weighted by Gasteiger charge is -2.18. The molecule has 1 aromatic carbocycles. The second-order valence-electron chi connectivity index (χ2n) is 7.11. The lowest BCUT2D eigenvalue weighted by Crippen LogP contribution is -2.07. The van der Waals surface area contributed by atoms with Crippen LogP contribution in [0, 0.1) is 10.1 Å². The number of hydrogen-bond donors (Lipinski definition) is 2. The second-order valence-corrected chi connectivity index (χ2v) is 7.11. The zero-order valence-electron chi connectivity index (χ0n) is 16.6. The molecule has 26 heavy (non-hydrogen) atoms. The number of phenols is 2. The first-order valence-corrected chi connectivity index (χ1v) is 10.2. The molecule has 0 aliphatic heterocycles. The van der Waals surface area contributed by atoms with E-state index in [2.05, 4.69) is 20.8 Å². The van der Waals surface area contributed by atoms with Gasteiger partial charge in [-0.1, -0.05) is 59.3 Å². The van der Waals surface area contributed by atoms with Crippen LogP contribution in [0.3, 0.4) is 0 Å². The third-order valence-corrected chi connectivity index (χ3v) is 5.02. The molecular formula is C21H35NO4. The van der Waals surface area contributed by atoms with E-state index in [9.17, 15) is 20.3 Å². The molecule has 1 aromatic rings. The van der Waals surface area contributed by atoms with Crippen LogP contribution in [0.25, 0.3) is 0 Å². The third-order valence-electron chi connectivity index (χ3n) is 5.02. The van der Waals surface area contributed by atoms with Crippen molar-refractivity contribution in [1.29, 1.82) is 0 Å². The molecule has 148 valence electrons. The number of aromatic hydroxyl groups is 2. The highest BCUT2D eigenvalue weighted by Crippen LogP contribution is 2.45. The standard InChI is InChI=1S/C21H35NO4/c1-4-7-10-13-16-17(14-11-8-5-2)19(22(25)26)21(24)20(23)18(16)15-12-9-6-3/h23-24H,4-15H2,1-3H3. The Kier molecular flexibility index (Phi) is 10.1. The van der Waals surface area contributed by atoms with Crippen molar-refractivity contribution in [3.63, 3.8) is 0 Å². The maximum Gasteiger partial charge on any atom is 0.318 e. The second kappa shape index (κ2) is 11.8. The smallest absolute Gasteiger partial charge is 0.318 e. The zero-order chi connectivity index (χ0) is 19.5. The summed E-state index contributed by atoms with van der Waals surface area (Å²) in [5, 5.41) is 32.5. The highest BCUT2D eigenvalue weighted by molar-refractivity contribution is 5.66. The Morgan fingerprint density at radius 2 is 1.12 bits per heavy atom. The van der Waals surface area contributed by atoms with Crippen LogP contribution in [0.2, 0.25) is 0 Å². The zero-order valence-corrected chi connectivity index (χ0v) is 16.6. The van der Waals surface area contributed by atoms with E-state index in [1.165, 1.54) is 0 Å². The number of unbranched alkanes of at least 4 members (excludes halogenated alkanes) is 6. The number of nitro groups is 1. The van der Waals surface area contributed by atoms with Gasteiger partial charge in [0.25, 0.3) is 0 Å². The molecule has 0 amide bonds. The fraction of sp³-hybridized carbons (Fsp3) is 0.714. The molecule has 0 aromatic heterocycles. The maximum absolute atomic E-state index is 11.6. The molecule has 2 N–H and O–H groups in total. The predicted octanol–water partition coefficient (Wildman–Crippen LogP) is 6.20. The summed E-state index contributed by atoms with van der Waals surface area (Å²) < 4.78 is 0. The molecule has 5 heteroatoms. The average Bonchev–Trinajstić information content (AvgIpc) is 2.61. The van der Waals surface area contributed by atoms with Crippen LogP contribution in [0.15, 0.2) is 0 Å². The van der Waals surface area contributed by atoms with Crippen molar-refractivity contribution < 1.29 is 15.1 Å². The first-order chi connectivity index (χ1) is 12.5. The molecule has 0 heterocycles. The van der Waals surface area contributed by atoms with Gasteiger partial charge in [0.2, 0.25) is 5.75 Å². The molecule has 5 nitrogen and oxygen atoms in total. The highest BCUT2D eigenvalue weighted by atomic mass is 16.6. The lowest BCUT2D eigenvalue weighted by atomic mass is 9.88. The number of benzene rings is 1. The van der Waals surface area contributed by atoms with Gasteiger partial charge in [0.05, 0.1) is 4.92 Å². The number of hydrogen-bond acceptors (Lipinski definition) is 4. The molecule has 1 rings (SSSR count). The Labute approximate surface area is 157 Å². The van der Waals surface area contributed by atoms with E-state index in [0.29, 0.717) is 18.4 Å². The number of nitro benzene ring substituents is 1. The lowest BCUT2D eigenvalue weighted by molar-refractivity contribution is -0.386. The Morgan fingerprint density at radius 1 is 0.692 bits per heavy atom. The van der Waals surface area contributed by atoms with Gasteiger partial charge in [-0.15, -0.1) is 0 Å². The summed E-state index contributed by atoms with van der Waals surface area (Å²) in [6.45, 7) is 6.34. The number of rotatable bonds is 13.